The summed E-state index contributed by atoms with van der Waals surface area (Å²) in [5, 5.41) is 1.63. The minimum Gasteiger partial charge on any atom is -0.491 e. The van der Waals surface area contributed by atoms with Gasteiger partial charge >= 0.3 is 0 Å². The van der Waals surface area contributed by atoms with E-state index in [4.69, 9.17) is 22.1 Å². The molecule has 4 rings (SSSR count). The molecule has 0 unspecified atom stereocenters. The van der Waals surface area contributed by atoms with Crippen LogP contribution in [0.3, 0.4) is 0 Å². The predicted molar refractivity (Wildman–Crippen MR) is 125 cm³/mol. The van der Waals surface area contributed by atoms with Gasteiger partial charge in [-0.05, 0) is 42.2 Å². The first-order chi connectivity index (χ1) is 15.7. The molecule has 174 valence electrons. The third-order valence-corrected chi connectivity index (χ3v) is 7.77. The van der Waals surface area contributed by atoms with E-state index < -0.39 is 20.7 Å². The number of allylic oxidation sites excluding steroid dienone is 1. The summed E-state index contributed by atoms with van der Waals surface area (Å²) < 4.78 is 61.1. The van der Waals surface area contributed by atoms with Crippen molar-refractivity contribution in [2.75, 3.05) is 11.3 Å². The second-order valence-corrected chi connectivity index (χ2v) is 10.4. The van der Waals surface area contributed by atoms with Crippen LogP contribution in [0.1, 0.15) is 18.4 Å². The van der Waals surface area contributed by atoms with Crippen molar-refractivity contribution in [3.63, 3.8) is 0 Å². The second kappa shape index (κ2) is 9.76. The molecule has 0 aliphatic heterocycles. The number of halogens is 3. The topological polar surface area (TPSA) is 94.3 Å². The Morgan fingerprint density at radius 2 is 2.00 bits per heavy atom. The fraction of sp³-hybridized carbons (Fsp3) is 0.227. The number of nitrogens with zero attached hydrogens (tertiary/aromatic N) is 1. The van der Waals surface area contributed by atoms with Gasteiger partial charge in [-0.25, -0.2) is 22.2 Å². The fourth-order valence-corrected chi connectivity index (χ4v) is 5.81. The van der Waals surface area contributed by atoms with E-state index in [1.165, 1.54) is 18.3 Å². The molecule has 1 aromatic heterocycles. The van der Waals surface area contributed by atoms with Gasteiger partial charge in [0.2, 0.25) is 0 Å². The molecule has 1 heterocycles. The number of aromatic nitrogens is 1. The largest absolute Gasteiger partial charge is 0.491 e. The van der Waals surface area contributed by atoms with Crippen LogP contribution in [0.5, 0.6) is 5.75 Å². The van der Waals surface area contributed by atoms with Crippen LogP contribution in [-0.4, -0.2) is 26.1 Å². The molecule has 0 bridgehead atoms. The van der Waals surface area contributed by atoms with Crippen LogP contribution >= 0.6 is 22.9 Å². The molecular weight excluding hydrogens is 492 g/mol. The van der Waals surface area contributed by atoms with E-state index >= 15 is 0 Å². The van der Waals surface area contributed by atoms with Crippen molar-refractivity contribution in [3.05, 3.63) is 76.3 Å². The van der Waals surface area contributed by atoms with Crippen LogP contribution in [0.2, 0.25) is 5.02 Å². The van der Waals surface area contributed by atoms with E-state index in [-0.39, 0.29) is 40.3 Å². The average Bonchev–Trinajstić information content (AvgIpc) is 3.27. The van der Waals surface area contributed by atoms with E-state index in [2.05, 4.69) is 9.71 Å². The average molecular weight is 512 g/mol. The number of hydrogen-bond donors (Lipinski definition) is 2. The van der Waals surface area contributed by atoms with E-state index in [1.807, 2.05) is 6.08 Å². The lowest BCUT2D eigenvalue weighted by atomic mass is 9.81. The first-order valence-electron chi connectivity index (χ1n) is 10.0. The molecule has 0 radical (unpaired) electrons. The predicted octanol–water partition coefficient (Wildman–Crippen LogP) is 5.08. The monoisotopic (exact) mass is 511 g/mol. The first-order valence-corrected chi connectivity index (χ1v) is 12.7. The summed E-state index contributed by atoms with van der Waals surface area (Å²) in [6.45, 7) is 0.0903. The first kappa shape index (κ1) is 23.6. The van der Waals surface area contributed by atoms with E-state index in [0.29, 0.717) is 0 Å². The molecule has 0 spiro atoms. The van der Waals surface area contributed by atoms with Gasteiger partial charge in [0.05, 0.1) is 11.6 Å². The van der Waals surface area contributed by atoms with Crippen molar-refractivity contribution >= 4 is 43.7 Å². The third-order valence-electron chi connectivity index (χ3n) is 5.31. The lowest BCUT2D eigenvalue weighted by molar-refractivity contribution is 0.252. The number of anilines is 1. The van der Waals surface area contributed by atoms with Crippen molar-refractivity contribution in [1.82, 2.24) is 4.98 Å². The van der Waals surface area contributed by atoms with Gasteiger partial charge in [0.25, 0.3) is 10.0 Å². The quantitative estimate of drug-likeness (QED) is 0.461. The summed E-state index contributed by atoms with van der Waals surface area (Å²) in [7, 11) is -4.22. The molecule has 0 amide bonds. The molecule has 6 nitrogen and oxygen atoms in total. The molecule has 1 aliphatic rings. The lowest BCUT2D eigenvalue weighted by Gasteiger charge is -2.30. The highest BCUT2D eigenvalue weighted by atomic mass is 35.5. The maximum Gasteiger partial charge on any atom is 0.266 e. The summed E-state index contributed by atoms with van der Waals surface area (Å²) in [6, 6.07) is 7.81. The summed E-state index contributed by atoms with van der Waals surface area (Å²) >= 11 is 7.29. The third kappa shape index (κ3) is 5.35. The Bertz CT molecular complexity index is 1270. The molecule has 2 aromatic carbocycles. The van der Waals surface area contributed by atoms with Crippen molar-refractivity contribution in [2.45, 2.75) is 23.8 Å². The Morgan fingerprint density at radius 3 is 2.70 bits per heavy atom. The molecule has 0 saturated heterocycles. The number of nitrogens with two attached hydrogens (primary N) is 1. The maximum absolute atomic E-state index is 14.7. The van der Waals surface area contributed by atoms with E-state index in [9.17, 15) is 17.2 Å². The van der Waals surface area contributed by atoms with Crippen LogP contribution < -0.4 is 15.2 Å². The van der Waals surface area contributed by atoms with Crippen LogP contribution in [-0.2, 0) is 10.0 Å². The number of thiazole rings is 1. The van der Waals surface area contributed by atoms with Crippen LogP contribution in [0.4, 0.5) is 13.9 Å². The summed E-state index contributed by atoms with van der Waals surface area (Å²) in [6.07, 6.45) is 4.97. The van der Waals surface area contributed by atoms with Gasteiger partial charge in [0.1, 0.15) is 22.3 Å². The number of nitrogens with one attached hydrogen (secondary N) is 1. The van der Waals surface area contributed by atoms with Gasteiger partial charge in [-0.15, -0.1) is 11.3 Å². The van der Waals surface area contributed by atoms with Gasteiger partial charge in [0.15, 0.2) is 5.13 Å². The van der Waals surface area contributed by atoms with E-state index in [1.54, 1.807) is 17.5 Å². The normalized spacial score (nSPS) is 18.6. The lowest BCUT2D eigenvalue weighted by Crippen LogP contribution is -2.36. The molecule has 33 heavy (non-hydrogen) atoms. The highest BCUT2D eigenvalue weighted by molar-refractivity contribution is 7.93. The molecule has 3 N–H and O–H groups in total. The SMILES string of the molecule is N[C@@H]1CCC=C(c2ccc(F)cc2)[C@H]1COc1cc(F)c(S(=O)(=O)Nc2nccs2)cc1Cl. The number of hydrogen-bond acceptors (Lipinski definition) is 6. The van der Waals surface area contributed by atoms with Gasteiger partial charge in [0, 0.05) is 29.6 Å². The Morgan fingerprint density at radius 1 is 1.24 bits per heavy atom. The minimum atomic E-state index is -4.22. The zero-order valence-electron chi connectivity index (χ0n) is 17.2. The summed E-state index contributed by atoms with van der Waals surface area (Å²) in [5.41, 5.74) is 8.06. The zero-order chi connectivity index (χ0) is 23.6. The van der Waals surface area contributed by atoms with Crippen molar-refractivity contribution in [3.8, 4) is 5.75 Å². The Labute approximate surface area is 199 Å². The molecule has 1 aliphatic carbocycles. The van der Waals surface area contributed by atoms with Crippen molar-refractivity contribution < 1.29 is 21.9 Å². The summed E-state index contributed by atoms with van der Waals surface area (Å²) in [4.78, 5) is 3.22. The second-order valence-electron chi connectivity index (χ2n) is 7.48. The van der Waals surface area contributed by atoms with Crippen molar-refractivity contribution in [2.24, 2.45) is 11.7 Å². The zero-order valence-corrected chi connectivity index (χ0v) is 19.6. The molecule has 2 atom stereocenters. The van der Waals surface area contributed by atoms with E-state index in [0.717, 1.165) is 47.4 Å². The Kier molecular flexibility index (Phi) is 6.99. The van der Waals surface area contributed by atoms with Gasteiger partial charge in [-0.1, -0.05) is 29.8 Å². The van der Waals surface area contributed by atoms with Crippen LogP contribution in [0.25, 0.3) is 5.57 Å². The van der Waals surface area contributed by atoms with Crippen LogP contribution in [0.15, 0.2) is 58.9 Å². The Hall–Kier alpha value is -2.53. The summed E-state index contributed by atoms with van der Waals surface area (Å²) in [5.74, 6) is -1.59. The minimum absolute atomic E-state index is 0.00130. The molecule has 3 aromatic rings. The van der Waals surface area contributed by atoms with Gasteiger partial charge in [-0.3, -0.25) is 4.72 Å². The molecule has 0 fully saturated rings. The smallest absolute Gasteiger partial charge is 0.266 e. The molecule has 0 saturated carbocycles. The number of benzene rings is 2. The fourth-order valence-electron chi connectivity index (χ4n) is 3.65. The number of sulfonamides is 1. The number of ether oxygens (including phenoxy) is 1. The number of rotatable bonds is 7. The maximum atomic E-state index is 14.7. The van der Waals surface area contributed by atoms with Crippen molar-refractivity contribution in [1.29, 1.82) is 0 Å². The highest BCUT2D eigenvalue weighted by Crippen LogP contribution is 2.35. The molecular formula is C22H20ClF2N3O3S2. The standard InChI is InChI=1S/C22H20ClF2N3O3S2/c23-17-10-21(33(29,30)28-22-27-8-9-32-22)18(25)11-20(17)31-12-16-15(2-1-3-19(16)26)13-4-6-14(24)7-5-13/h2,4-11,16,19H,1,3,12,26H2,(H,27,28)/t16-,19-/m1/s1. The highest BCUT2D eigenvalue weighted by Gasteiger charge is 2.28. The van der Waals surface area contributed by atoms with Crippen LogP contribution in [0, 0.1) is 17.6 Å². The Balaban J connectivity index is 1.54. The molecule has 11 heteroatoms. The van der Waals surface area contributed by atoms with Gasteiger partial charge < -0.3 is 10.5 Å². The van der Waals surface area contributed by atoms with Gasteiger partial charge in [-0.2, -0.15) is 0 Å².